The van der Waals surface area contributed by atoms with Crippen LogP contribution in [0.1, 0.15) is 57.2 Å². The van der Waals surface area contributed by atoms with Crippen molar-refractivity contribution in [3.63, 3.8) is 0 Å². The predicted molar refractivity (Wildman–Crippen MR) is 108 cm³/mol. The lowest BCUT2D eigenvalue weighted by atomic mass is 9.70. The van der Waals surface area contributed by atoms with Crippen LogP contribution in [0.15, 0.2) is 40.1 Å². The Labute approximate surface area is 169 Å². The standard InChI is InChI=1S/C22H27NO4S/c1-13-18(21(25)27-12-14-6-4-8-26-14)20(17-7-5-9-28-17)19-15(23-13)10-22(2,3)11-16(19)24/h5,7,9,14,20,23H,4,6,8,10-12H2,1-3H3. The number of carbonyl (C=O) groups is 2. The van der Waals surface area contributed by atoms with Gasteiger partial charge >= 0.3 is 5.97 Å². The molecule has 1 aliphatic carbocycles. The Bertz CT molecular complexity index is 844. The van der Waals surface area contributed by atoms with E-state index in [4.69, 9.17) is 9.47 Å². The van der Waals surface area contributed by atoms with Crippen LogP contribution in [0.3, 0.4) is 0 Å². The Balaban J connectivity index is 1.67. The molecular weight excluding hydrogens is 374 g/mol. The van der Waals surface area contributed by atoms with Gasteiger partial charge in [-0.1, -0.05) is 19.9 Å². The summed E-state index contributed by atoms with van der Waals surface area (Å²) >= 11 is 1.57. The van der Waals surface area contributed by atoms with Gasteiger partial charge in [-0.05, 0) is 43.0 Å². The first-order chi connectivity index (χ1) is 13.4. The highest BCUT2D eigenvalue weighted by atomic mass is 32.1. The van der Waals surface area contributed by atoms with Crippen LogP contribution in [0.4, 0.5) is 0 Å². The summed E-state index contributed by atoms with van der Waals surface area (Å²) in [7, 11) is 0. The molecule has 1 N–H and O–H groups in total. The van der Waals surface area contributed by atoms with Crippen molar-refractivity contribution in [1.82, 2.24) is 5.32 Å². The number of carbonyl (C=O) groups excluding carboxylic acids is 2. The van der Waals surface area contributed by atoms with Gasteiger partial charge in [0.15, 0.2) is 5.78 Å². The van der Waals surface area contributed by atoms with Crippen molar-refractivity contribution < 1.29 is 19.1 Å². The van der Waals surface area contributed by atoms with E-state index in [1.807, 2.05) is 24.4 Å². The van der Waals surface area contributed by atoms with E-state index in [1.54, 1.807) is 11.3 Å². The maximum atomic E-state index is 13.1. The summed E-state index contributed by atoms with van der Waals surface area (Å²) in [6.07, 6.45) is 3.19. The van der Waals surface area contributed by atoms with Crippen molar-refractivity contribution in [3.8, 4) is 0 Å². The van der Waals surface area contributed by atoms with Gasteiger partial charge in [-0.15, -0.1) is 11.3 Å². The van der Waals surface area contributed by atoms with Gasteiger partial charge in [0.1, 0.15) is 6.61 Å². The van der Waals surface area contributed by atoms with Crippen molar-refractivity contribution in [1.29, 1.82) is 0 Å². The largest absolute Gasteiger partial charge is 0.459 e. The summed E-state index contributed by atoms with van der Waals surface area (Å²) in [6, 6.07) is 3.96. The zero-order valence-corrected chi connectivity index (χ0v) is 17.5. The first kappa shape index (κ1) is 19.4. The van der Waals surface area contributed by atoms with Crippen molar-refractivity contribution in [2.75, 3.05) is 13.2 Å². The Morgan fingerprint density at radius 2 is 2.21 bits per heavy atom. The Morgan fingerprint density at radius 3 is 2.89 bits per heavy atom. The summed E-state index contributed by atoms with van der Waals surface area (Å²) < 4.78 is 11.2. The lowest BCUT2D eigenvalue weighted by molar-refractivity contribution is -0.142. The number of hydrogen-bond donors (Lipinski definition) is 1. The van der Waals surface area contributed by atoms with Crippen LogP contribution in [-0.4, -0.2) is 31.1 Å². The molecule has 0 bridgehead atoms. The molecule has 1 saturated heterocycles. The van der Waals surface area contributed by atoms with Gasteiger partial charge in [-0.2, -0.15) is 0 Å². The van der Waals surface area contributed by atoms with Gasteiger partial charge in [0.05, 0.1) is 17.6 Å². The van der Waals surface area contributed by atoms with E-state index in [0.29, 0.717) is 12.0 Å². The molecule has 3 aliphatic rings. The van der Waals surface area contributed by atoms with Gasteiger partial charge in [-0.3, -0.25) is 4.79 Å². The van der Waals surface area contributed by atoms with Gasteiger partial charge in [0.25, 0.3) is 0 Å². The molecule has 0 aromatic carbocycles. The maximum Gasteiger partial charge on any atom is 0.336 e. The van der Waals surface area contributed by atoms with Gasteiger partial charge < -0.3 is 14.8 Å². The molecule has 4 rings (SSSR count). The number of ether oxygens (including phenoxy) is 2. The maximum absolute atomic E-state index is 13.1. The molecule has 5 nitrogen and oxygen atoms in total. The third-order valence-corrected chi connectivity index (χ3v) is 6.65. The molecule has 2 atom stereocenters. The molecule has 28 heavy (non-hydrogen) atoms. The molecule has 1 fully saturated rings. The smallest absolute Gasteiger partial charge is 0.336 e. The monoisotopic (exact) mass is 401 g/mol. The Kier molecular flexibility index (Phi) is 5.19. The molecule has 0 saturated carbocycles. The van der Waals surface area contributed by atoms with Crippen LogP contribution in [-0.2, 0) is 19.1 Å². The van der Waals surface area contributed by atoms with Crippen LogP contribution in [0.25, 0.3) is 0 Å². The highest BCUT2D eigenvalue weighted by Crippen LogP contribution is 2.47. The third-order valence-electron chi connectivity index (χ3n) is 5.71. The number of Topliss-reactive ketones (excluding diaryl/α,β-unsaturated/α-hetero) is 1. The summed E-state index contributed by atoms with van der Waals surface area (Å²) in [5.74, 6) is -0.589. The van der Waals surface area contributed by atoms with Crippen molar-refractivity contribution >= 4 is 23.1 Å². The van der Waals surface area contributed by atoms with E-state index >= 15 is 0 Å². The van der Waals surface area contributed by atoms with E-state index in [0.717, 1.165) is 47.7 Å². The normalized spacial score (nSPS) is 26.9. The second-order valence-electron chi connectivity index (χ2n) is 8.68. The fraction of sp³-hybridized carbons (Fsp3) is 0.545. The number of hydrogen-bond acceptors (Lipinski definition) is 6. The van der Waals surface area contributed by atoms with Crippen molar-refractivity contribution in [2.24, 2.45) is 5.41 Å². The first-order valence-electron chi connectivity index (χ1n) is 9.92. The third kappa shape index (κ3) is 3.67. The van der Waals surface area contributed by atoms with Crippen molar-refractivity contribution in [3.05, 3.63) is 44.9 Å². The highest BCUT2D eigenvalue weighted by molar-refractivity contribution is 7.10. The molecule has 3 heterocycles. The zero-order valence-electron chi connectivity index (χ0n) is 16.7. The number of allylic oxidation sites excluding steroid dienone is 3. The molecule has 0 amide bonds. The van der Waals surface area contributed by atoms with E-state index in [2.05, 4.69) is 19.2 Å². The lowest BCUT2D eigenvalue weighted by Crippen LogP contribution is -2.38. The fourth-order valence-corrected chi connectivity index (χ4v) is 5.31. The molecule has 150 valence electrons. The second-order valence-corrected chi connectivity index (χ2v) is 9.66. The highest BCUT2D eigenvalue weighted by Gasteiger charge is 2.43. The minimum Gasteiger partial charge on any atom is -0.459 e. The predicted octanol–water partition coefficient (Wildman–Crippen LogP) is 4.07. The summed E-state index contributed by atoms with van der Waals surface area (Å²) in [5.41, 5.74) is 2.93. The number of esters is 1. The number of rotatable bonds is 4. The summed E-state index contributed by atoms with van der Waals surface area (Å²) in [6.45, 7) is 7.12. The van der Waals surface area contributed by atoms with Crippen LogP contribution in [0.2, 0.25) is 0 Å². The number of thiophene rings is 1. The topological polar surface area (TPSA) is 64.6 Å². The first-order valence-corrected chi connectivity index (χ1v) is 10.8. The van der Waals surface area contributed by atoms with E-state index < -0.39 is 0 Å². The molecule has 2 unspecified atom stereocenters. The van der Waals surface area contributed by atoms with Crippen molar-refractivity contribution in [2.45, 2.75) is 58.5 Å². The fourth-order valence-electron chi connectivity index (χ4n) is 4.47. The minimum absolute atomic E-state index is 0.0199. The SMILES string of the molecule is CC1=C(C(=O)OCC2CCCO2)C(c2cccs2)C2=C(CC(C)(C)CC2=O)N1. The number of ketones is 1. The van der Waals surface area contributed by atoms with E-state index in [1.165, 1.54) is 0 Å². The quantitative estimate of drug-likeness (QED) is 0.771. The van der Waals surface area contributed by atoms with Gasteiger partial charge in [0, 0.05) is 34.9 Å². The molecule has 2 aliphatic heterocycles. The zero-order chi connectivity index (χ0) is 19.9. The van der Waals surface area contributed by atoms with Crippen LogP contribution >= 0.6 is 11.3 Å². The molecule has 0 spiro atoms. The second kappa shape index (κ2) is 7.48. The molecule has 1 aromatic rings. The Morgan fingerprint density at radius 1 is 1.39 bits per heavy atom. The van der Waals surface area contributed by atoms with E-state index in [-0.39, 0.29) is 35.8 Å². The summed E-state index contributed by atoms with van der Waals surface area (Å²) in [4.78, 5) is 27.2. The minimum atomic E-state index is -0.358. The number of dihydropyridines is 1. The van der Waals surface area contributed by atoms with Gasteiger partial charge in [0.2, 0.25) is 0 Å². The van der Waals surface area contributed by atoms with Crippen LogP contribution in [0, 0.1) is 5.41 Å². The molecule has 6 heteroatoms. The van der Waals surface area contributed by atoms with Gasteiger partial charge in [-0.25, -0.2) is 4.79 Å². The molecular formula is C22H27NO4S. The summed E-state index contributed by atoms with van der Waals surface area (Å²) in [5, 5.41) is 5.35. The molecule has 0 radical (unpaired) electrons. The van der Waals surface area contributed by atoms with Crippen LogP contribution < -0.4 is 5.32 Å². The van der Waals surface area contributed by atoms with Crippen LogP contribution in [0.5, 0.6) is 0 Å². The Hall–Kier alpha value is -1.92. The lowest BCUT2D eigenvalue weighted by Gasteiger charge is -2.39. The number of nitrogens with one attached hydrogen (secondary N) is 1. The average molecular weight is 402 g/mol. The van der Waals surface area contributed by atoms with E-state index in [9.17, 15) is 9.59 Å². The average Bonchev–Trinajstić information content (AvgIpc) is 3.31. The molecule has 1 aromatic heterocycles.